The number of unbranched alkanes of at least 4 members (excludes halogenated alkanes) is 62. The summed E-state index contributed by atoms with van der Waals surface area (Å²) in [6, 6.07) is -0.540. The van der Waals surface area contributed by atoms with E-state index in [-0.39, 0.29) is 18.5 Å². The van der Waals surface area contributed by atoms with Gasteiger partial charge in [-0.1, -0.05) is 405 Å². The average molecular weight is 1200 g/mol. The number of carbonyl (C=O) groups is 2. The molecule has 0 spiro atoms. The Kier molecular flexibility index (Phi) is 73.8. The molecule has 2 unspecified atom stereocenters. The number of carbonyl (C=O) groups excluding carboxylic acids is 2. The Labute approximate surface area is 533 Å². The summed E-state index contributed by atoms with van der Waals surface area (Å²) in [6.45, 7) is 5.01. The number of aliphatic hydroxyl groups excluding tert-OH is 2. The molecule has 85 heavy (non-hydrogen) atoms. The molecule has 0 aliphatic heterocycles. The minimum atomic E-state index is -0.663. The summed E-state index contributed by atoms with van der Waals surface area (Å²) >= 11 is 0. The second-order valence-electron chi connectivity index (χ2n) is 27.4. The molecule has 0 aromatic carbocycles. The molecule has 1 amide bonds. The van der Waals surface area contributed by atoms with Gasteiger partial charge in [0.2, 0.25) is 5.91 Å². The number of amides is 1. The Hall–Kier alpha value is -1.40. The molecule has 6 nitrogen and oxygen atoms in total. The molecule has 0 rings (SSSR count). The van der Waals surface area contributed by atoms with E-state index in [2.05, 4.69) is 31.3 Å². The van der Waals surface area contributed by atoms with Crippen LogP contribution in [0, 0.1) is 0 Å². The zero-order chi connectivity index (χ0) is 61.3. The Balaban J connectivity index is 3.34. The van der Waals surface area contributed by atoms with Crippen molar-refractivity contribution < 1.29 is 24.5 Å². The Bertz CT molecular complexity index is 1290. The normalized spacial score (nSPS) is 12.5. The standard InChI is InChI=1S/C79H155NO5/c1-3-5-7-9-11-13-15-17-18-19-20-21-35-38-41-44-48-51-55-59-63-67-71-77(82)76(75-81)80-78(83)72-68-64-60-56-52-49-45-42-39-36-33-31-29-27-25-23-22-24-26-28-30-32-34-37-40-43-46-50-54-58-62-66-70-74-85-79(84)73-69-65-61-57-53-47-16-14-12-10-8-6-4-2/h26,28,76-77,81-82H,3-25,27,29-75H2,1-2H3,(H,80,83)/b28-26-. The zero-order valence-corrected chi connectivity index (χ0v) is 58.1. The van der Waals surface area contributed by atoms with Crippen LogP contribution in [-0.4, -0.2) is 47.4 Å². The van der Waals surface area contributed by atoms with E-state index in [1.165, 1.54) is 385 Å². The molecule has 0 aromatic rings. The number of hydrogen-bond acceptors (Lipinski definition) is 5. The van der Waals surface area contributed by atoms with Crippen molar-refractivity contribution in [2.45, 2.75) is 469 Å². The molecule has 3 N–H and O–H groups in total. The minimum Gasteiger partial charge on any atom is -0.466 e. The van der Waals surface area contributed by atoms with E-state index in [0.717, 1.165) is 38.5 Å². The van der Waals surface area contributed by atoms with Crippen molar-refractivity contribution in [1.82, 2.24) is 5.32 Å². The maximum Gasteiger partial charge on any atom is 0.305 e. The summed E-state index contributed by atoms with van der Waals surface area (Å²) in [5, 5.41) is 23.5. The third-order valence-electron chi connectivity index (χ3n) is 18.8. The van der Waals surface area contributed by atoms with Crippen molar-refractivity contribution in [2.24, 2.45) is 0 Å². The van der Waals surface area contributed by atoms with Crippen LogP contribution in [0.2, 0.25) is 0 Å². The van der Waals surface area contributed by atoms with Gasteiger partial charge in [-0.15, -0.1) is 0 Å². The van der Waals surface area contributed by atoms with Crippen LogP contribution in [0.25, 0.3) is 0 Å². The lowest BCUT2D eigenvalue weighted by Gasteiger charge is -2.22. The van der Waals surface area contributed by atoms with Crippen LogP contribution in [0.4, 0.5) is 0 Å². The fraction of sp³-hybridized carbons (Fsp3) is 0.949. The lowest BCUT2D eigenvalue weighted by atomic mass is 10.0. The molecule has 0 fully saturated rings. The predicted octanol–water partition coefficient (Wildman–Crippen LogP) is 25.9. The predicted molar refractivity (Wildman–Crippen MR) is 375 cm³/mol. The number of rotatable bonds is 75. The van der Waals surface area contributed by atoms with Gasteiger partial charge < -0.3 is 20.3 Å². The molecule has 0 aliphatic carbocycles. The molecule has 506 valence electrons. The van der Waals surface area contributed by atoms with Gasteiger partial charge in [0.15, 0.2) is 0 Å². The summed E-state index contributed by atoms with van der Waals surface area (Å²) in [7, 11) is 0. The van der Waals surface area contributed by atoms with Gasteiger partial charge in [-0.3, -0.25) is 9.59 Å². The van der Waals surface area contributed by atoms with Crippen molar-refractivity contribution in [1.29, 1.82) is 0 Å². The molecule has 2 atom stereocenters. The largest absolute Gasteiger partial charge is 0.466 e. The van der Waals surface area contributed by atoms with E-state index in [9.17, 15) is 19.8 Å². The highest BCUT2D eigenvalue weighted by Gasteiger charge is 2.20. The van der Waals surface area contributed by atoms with Gasteiger partial charge in [-0.2, -0.15) is 0 Å². The van der Waals surface area contributed by atoms with E-state index in [1.54, 1.807) is 0 Å². The average Bonchev–Trinajstić information content (AvgIpc) is 3.53. The van der Waals surface area contributed by atoms with Gasteiger partial charge in [0.25, 0.3) is 0 Å². The highest BCUT2D eigenvalue weighted by atomic mass is 16.5. The molecule has 0 aromatic heterocycles. The van der Waals surface area contributed by atoms with Gasteiger partial charge in [0.1, 0.15) is 0 Å². The Morgan fingerprint density at radius 3 is 0.835 bits per heavy atom. The molecule has 6 heteroatoms. The van der Waals surface area contributed by atoms with Crippen LogP contribution in [-0.2, 0) is 14.3 Å². The van der Waals surface area contributed by atoms with E-state index >= 15 is 0 Å². The number of aliphatic hydroxyl groups is 2. The van der Waals surface area contributed by atoms with Crippen LogP contribution in [0.3, 0.4) is 0 Å². The van der Waals surface area contributed by atoms with Crippen molar-refractivity contribution >= 4 is 11.9 Å². The summed E-state index contributed by atoms with van der Waals surface area (Å²) in [6.07, 6.45) is 94.5. The summed E-state index contributed by atoms with van der Waals surface area (Å²) < 4.78 is 5.49. The second-order valence-corrected chi connectivity index (χ2v) is 27.4. The van der Waals surface area contributed by atoms with Crippen LogP contribution < -0.4 is 5.32 Å². The van der Waals surface area contributed by atoms with E-state index in [4.69, 9.17) is 4.74 Å². The number of nitrogens with one attached hydrogen (secondary N) is 1. The van der Waals surface area contributed by atoms with E-state index in [0.29, 0.717) is 25.9 Å². The number of allylic oxidation sites excluding steroid dienone is 2. The molecule has 0 aliphatic rings. The van der Waals surface area contributed by atoms with Gasteiger partial charge in [-0.05, 0) is 51.4 Å². The third-order valence-corrected chi connectivity index (χ3v) is 18.8. The van der Waals surface area contributed by atoms with Crippen LogP contribution in [0.5, 0.6) is 0 Å². The molecular formula is C79H155NO5. The van der Waals surface area contributed by atoms with E-state index in [1.807, 2.05) is 0 Å². The number of hydrogen-bond donors (Lipinski definition) is 3. The van der Waals surface area contributed by atoms with E-state index < -0.39 is 12.1 Å². The maximum atomic E-state index is 12.6. The lowest BCUT2D eigenvalue weighted by molar-refractivity contribution is -0.143. The van der Waals surface area contributed by atoms with Crippen LogP contribution >= 0.6 is 0 Å². The quantitative estimate of drug-likeness (QED) is 0.0320. The van der Waals surface area contributed by atoms with Crippen molar-refractivity contribution in [3.8, 4) is 0 Å². The van der Waals surface area contributed by atoms with Crippen molar-refractivity contribution in [3.63, 3.8) is 0 Å². The maximum absolute atomic E-state index is 12.6. The molecule has 0 radical (unpaired) electrons. The zero-order valence-electron chi connectivity index (χ0n) is 58.1. The van der Waals surface area contributed by atoms with Gasteiger partial charge >= 0.3 is 5.97 Å². The van der Waals surface area contributed by atoms with Crippen LogP contribution in [0.15, 0.2) is 12.2 Å². The first-order chi connectivity index (χ1) is 42.0. The highest BCUT2D eigenvalue weighted by Crippen LogP contribution is 2.20. The molecular weight excluding hydrogens is 1040 g/mol. The summed E-state index contributed by atoms with van der Waals surface area (Å²) in [4.78, 5) is 24.6. The third kappa shape index (κ3) is 71.6. The minimum absolute atomic E-state index is 0.0214. The summed E-state index contributed by atoms with van der Waals surface area (Å²) in [5.74, 6) is -0.00460. The lowest BCUT2D eigenvalue weighted by Crippen LogP contribution is -2.45. The molecule has 0 saturated carbocycles. The molecule has 0 bridgehead atoms. The van der Waals surface area contributed by atoms with Crippen molar-refractivity contribution in [3.05, 3.63) is 12.2 Å². The SMILES string of the molecule is CCCCCCCCCCCCCCCCCCCCCCCCC(O)C(CO)NC(=O)CCCCCCCCCCCCCCCCCCC/C=C\CCCCCCCCCCCCCCOC(=O)CCCCCCCCCCCCCCC. The first-order valence-electron chi connectivity index (χ1n) is 39.4. The number of esters is 1. The Morgan fingerprint density at radius 1 is 0.318 bits per heavy atom. The van der Waals surface area contributed by atoms with Gasteiger partial charge in [-0.25, -0.2) is 0 Å². The van der Waals surface area contributed by atoms with Crippen molar-refractivity contribution in [2.75, 3.05) is 13.2 Å². The topological polar surface area (TPSA) is 95.9 Å². The fourth-order valence-electron chi connectivity index (χ4n) is 12.8. The first-order valence-corrected chi connectivity index (χ1v) is 39.4. The van der Waals surface area contributed by atoms with Gasteiger partial charge in [0, 0.05) is 12.8 Å². The molecule has 0 saturated heterocycles. The first kappa shape index (κ1) is 83.6. The monoisotopic (exact) mass is 1200 g/mol. The summed E-state index contributed by atoms with van der Waals surface area (Å²) in [5.41, 5.74) is 0. The smallest absolute Gasteiger partial charge is 0.305 e. The second kappa shape index (κ2) is 75.1. The van der Waals surface area contributed by atoms with Gasteiger partial charge in [0.05, 0.1) is 25.4 Å². The molecule has 0 heterocycles. The fourth-order valence-corrected chi connectivity index (χ4v) is 12.8. The Morgan fingerprint density at radius 2 is 0.553 bits per heavy atom. The van der Waals surface area contributed by atoms with Crippen LogP contribution in [0.1, 0.15) is 457 Å². The number of ether oxygens (including phenoxy) is 1. The highest BCUT2D eigenvalue weighted by molar-refractivity contribution is 5.76.